The summed E-state index contributed by atoms with van der Waals surface area (Å²) in [6, 6.07) is 11.6. The van der Waals surface area contributed by atoms with Crippen LogP contribution in [0.25, 0.3) is 33.0 Å². The molecule has 0 atom stereocenters. The van der Waals surface area contributed by atoms with Crippen LogP contribution in [0.15, 0.2) is 48.8 Å². The van der Waals surface area contributed by atoms with Crippen LogP contribution in [0, 0.1) is 0 Å². The first-order valence-corrected chi connectivity index (χ1v) is 13.0. The molecule has 0 aliphatic carbocycles. The minimum atomic E-state index is -0.379. The minimum Gasteiger partial charge on any atom is -0.454 e. The molecule has 2 aromatic heterocycles. The molecular formula is C29H28N4O4. The first-order valence-electron chi connectivity index (χ1n) is 13.0. The van der Waals surface area contributed by atoms with Crippen LogP contribution in [0.4, 0.5) is 0 Å². The normalized spacial score (nSPS) is 17.9. The first kappa shape index (κ1) is 22.2. The number of aromatic nitrogens is 2. The number of ether oxygens (including phenoxy) is 2. The van der Waals surface area contributed by atoms with E-state index in [9.17, 15) is 9.59 Å². The van der Waals surface area contributed by atoms with Gasteiger partial charge in [-0.3, -0.25) is 14.9 Å². The Labute approximate surface area is 213 Å². The van der Waals surface area contributed by atoms with Crippen LogP contribution in [0.1, 0.15) is 36.8 Å². The quantitative estimate of drug-likeness (QED) is 0.389. The van der Waals surface area contributed by atoms with E-state index in [1.54, 1.807) is 0 Å². The number of hydrogen-bond donors (Lipinski definition) is 2. The highest BCUT2D eigenvalue weighted by atomic mass is 16.7. The van der Waals surface area contributed by atoms with Gasteiger partial charge in [-0.1, -0.05) is 24.6 Å². The molecule has 2 aromatic carbocycles. The van der Waals surface area contributed by atoms with Crippen LogP contribution in [0.3, 0.4) is 0 Å². The maximum Gasteiger partial charge on any atom is 0.259 e. The fourth-order valence-electron chi connectivity index (χ4n) is 6.02. The van der Waals surface area contributed by atoms with Crippen molar-refractivity contribution >= 4 is 44.8 Å². The van der Waals surface area contributed by atoms with E-state index in [2.05, 4.69) is 19.8 Å². The number of hydrogen-bond acceptors (Lipinski definition) is 5. The van der Waals surface area contributed by atoms with Gasteiger partial charge in [-0.2, -0.15) is 0 Å². The summed E-state index contributed by atoms with van der Waals surface area (Å²) in [5.74, 6) is 0.639. The molecule has 2 N–H and O–H groups in total. The average Bonchev–Trinajstić information content (AvgIpc) is 3.68. The molecule has 188 valence electrons. The number of aryl methyl sites for hydroxylation is 1. The molecular weight excluding hydrogens is 468 g/mol. The third-order valence-electron chi connectivity index (χ3n) is 7.76. The topological polar surface area (TPSA) is 88.6 Å². The second-order valence-corrected chi connectivity index (χ2v) is 9.97. The molecule has 0 radical (unpaired) electrons. The molecule has 3 aliphatic heterocycles. The van der Waals surface area contributed by atoms with Gasteiger partial charge in [0, 0.05) is 46.4 Å². The Hall–Kier alpha value is -4.04. The lowest BCUT2D eigenvalue weighted by molar-refractivity contribution is -0.122. The molecule has 2 amide bonds. The molecule has 7 rings (SSSR count). The molecule has 0 bridgehead atoms. The summed E-state index contributed by atoms with van der Waals surface area (Å²) < 4.78 is 13.7. The maximum atomic E-state index is 13.3. The monoisotopic (exact) mass is 496 g/mol. The van der Waals surface area contributed by atoms with Gasteiger partial charge in [-0.15, -0.1) is 0 Å². The summed E-state index contributed by atoms with van der Waals surface area (Å²) >= 11 is 0. The third-order valence-corrected chi connectivity index (χ3v) is 7.76. The van der Waals surface area contributed by atoms with Gasteiger partial charge >= 0.3 is 0 Å². The number of fused-ring (bicyclic) bond motifs is 4. The summed E-state index contributed by atoms with van der Waals surface area (Å²) in [6.07, 6.45) is 8.65. The van der Waals surface area contributed by atoms with E-state index < -0.39 is 0 Å². The zero-order valence-electron chi connectivity index (χ0n) is 20.5. The van der Waals surface area contributed by atoms with Crippen LogP contribution in [-0.4, -0.2) is 52.7 Å². The van der Waals surface area contributed by atoms with Crippen molar-refractivity contribution in [1.29, 1.82) is 0 Å². The van der Waals surface area contributed by atoms with Crippen LogP contribution in [0.2, 0.25) is 0 Å². The van der Waals surface area contributed by atoms with E-state index in [0.717, 1.165) is 65.5 Å². The number of rotatable bonds is 6. The number of aromatic amines is 1. The largest absolute Gasteiger partial charge is 0.454 e. The fraction of sp³-hybridized carbons (Fsp3) is 0.310. The van der Waals surface area contributed by atoms with Gasteiger partial charge in [-0.25, -0.2) is 0 Å². The molecule has 5 heterocycles. The van der Waals surface area contributed by atoms with E-state index in [0.29, 0.717) is 22.6 Å². The summed E-state index contributed by atoms with van der Waals surface area (Å²) in [4.78, 5) is 32.2. The zero-order chi connectivity index (χ0) is 24.9. The second kappa shape index (κ2) is 8.81. The Morgan fingerprint density at radius 3 is 2.51 bits per heavy atom. The summed E-state index contributed by atoms with van der Waals surface area (Å²) in [5, 5.41) is 4.32. The SMILES string of the molecule is O=C1NC(=O)C(c2cn(CCCN3CCCCC3)c3c4c(ccc23)OCO4)=C1c1c[nH]c2ccccc12. The lowest BCUT2D eigenvalue weighted by atomic mass is 9.95. The molecule has 0 unspecified atom stereocenters. The van der Waals surface area contributed by atoms with Crippen LogP contribution >= 0.6 is 0 Å². The predicted molar refractivity (Wildman–Crippen MR) is 141 cm³/mol. The molecule has 8 heteroatoms. The molecule has 3 aliphatic rings. The van der Waals surface area contributed by atoms with Crippen molar-refractivity contribution in [3.63, 3.8) is 0 Å². The Balaban J connectivity index is 1.36. The number of likely N-dealkylation sites (tertiary alicyclic amines) is 1. The number of nitrogens with zero attached hydrogens (tertiary/aromatic N) is 2. The van der Waals surface area contributed by atoms with Gasteiger partial charge in [-0.05, 0) is 57.1 Å². The number of benzene rings is 2. The minimum absolute atomic E-state index is 0.172. The van der Waals surface area contributed by atoms with Gasteiger partial charge in [0.2, 0.25) is 6.79 Å². The molecule has 4 aromatic rings. The Morgan fingerprint density at radius 2 is 1.65 bits per heavy atom. The van der Waals surface area contributed by atoms with Crippen molar-refractivity contribution < 1.29 is 19.1 Å². The lowest BCUT2D eigenvalue weighted by Gasteiger charge is -2.26. The smallest absolute Gasteiger partial charge is 0.259 e. The summed E-state index contributed by atoms with van der Waals surface area (Å²) in [7, 11) is 0. The first-order chi connectivity index (χ1) is 18.2. The average molecular weight is 497 g/mol. The lowest BCUT2D eigenvalue weighted by Crippen LogP contribution is -2.31. The van der Waals surface area contributed by atoms with Gasteiger partial charge in [0.25, 0.3) is 11.8 Å². The molecule has 0 spiro atoms. The van der Waals surface area contributed by atoms with E-state index in [1.165, 1.54) is 19.3 Å². The van der Waals surface area contributed by atoms with Crippen molar-refractivity contribution in [3.8, 4) is 11.5 Å². The number of amides is 2. The summed E-state index contributed by atoms with van der Waals surface area (Å²) in [5.41, 5.74) is 4.07. The molecule has 1 saturated heterocycles. The molecule has 1 fully saturated rings. The fourth-order valence-corrected chi connectivity index (χ4v) is 6.02. The predicted octanol–water partition coefficient (Wildman–Crippen LogP) is 4.29. The number of para-hydroxylation sites is 1. The van der Waals surface area contributed by atoms with Gasteiger partial charge < -0.3 is 23.9 Å². The maximum absolute atomic E-state index is 13.3. The third kappa shape index (κ3) is 3.62. The Kier molecular flexibility index (Phi) is 5.28. The van der Waals surface area contributed by atoms with E-state index in [-0.39, 0.29) is 18.6 Å². The molecule has 8 nitrogen and oxygen atoms in total. The number of carbonyl (C=O) groups is 2. The molecule has 37 heavy (non-hydrogen) atoms. The number of H-pyrrole nitrogens is 1. The van der Waals surface area contributed by atoms with Crippen LogP contribution in [0.5, 0.6) is 11.5 Å². The second-order valence-electron chi connectivity index (χ2n) is 9.97. The highest BCUT2D eigenvalue weighted by Gasteiger charge is 2.36. The van der Waals surface area contributed by atoms with Crippen molar-refractivity contribution in [2.45, 2.75) is 32.2 Å². The van der Waals surface area contributed by atoms with Crippen molar-refractivity contribution in [2.24, 2.45) is 0 Å². The Morgan fingerprint density at radius 1 is 0.838 bits per heavy atom. The van der Waals surface area contributed by atoms with Gasteiger partial charge in [0.1, 0.15) is 0 Å². The van der Waals surface area contributed by atoms with Crippen LogP contribution < -0.4 is 14.8 Å². The van der Waals surface area contributed by atoms with Crippen LogP contribution in [-0.2, 0) is 16.1 Å². The zero-order valence-corrected chi connectivity index (χ0v) is 20.5. The van der Waals surface area contributed by atoms with E-state index >= 15 is 0 Å². The highest BCUT2D eigenvalue weighted by molar-refractivity contribution is 6.50. The highest BCUT2D eigenvalue weighted by Crippen LogP contribution is 2.44. The number of piperidine rings is 1. The number of nitrogens with one attached hydrogen (secondary N) is 2. The van der Waals surface area contributed by atoms with Gasteiger partial charge in [0.05, 0.1) is 16.7 Å². The van der Waals surface area contributed by atoms with E-state index in [1.807, 2.05) is 48.8 Å². The van der Waals surface area contributed by atoms with Crippen molar-refractivity contribution in [3.05, 3.63) is 59.9 Å². The standard InChI is InChI=1S/C29H28N4O4/c34-28-24(20-15-30-22-8-3-2-7-18(20)22)25(29(35)31-28)21-16-33(14-6-13-32-11-4-1-5-12-32)26-19(21)9-10-23-27(26)37-17-36-23/h2-3,7-10,15-16,30H,1,4-6,11-14,17H2,(H,31,34,35). The molecule has 0 saturated carbocycles. The number of imide groups is 1. The number of carbonyl (C=O) groups excluding carboxylic acids is 2. The van der Waals surface area contributed by atoms with E-state index in [4.69, 9.17) is 9.47 Å². The summed E-state index contributed by atoms with van der Waals surface area (Å²) in [6.45, 7) is 4.30. The van der Waals surface area contributed by atoms with Crippen molar-refractivity contribution in [2.75, 3.05) is 26.4 Å². The van der Waals surface area contributed by atoms with Gasteiger partial charge in [0.15, 0.2) is 11.5 Å². The van der Waals surface area contributed by atoms with Crippen molar-refractivity contribution in [1.82, 2.24) is 19.8 Å². The Bertz CT molecular complexity index is 1590.